The van der Waals surface area contributed by atoms with Crippen LogP contribution in [0.25, 0.3) is 0 Å². The van der Waals surface area contributed by atoms with E-state index in [9.17, 15) is 18.3 Å². The maximum atomic E-state index is 13.5. The van der Waals surface area contributed by atoms with Crippen molar-refractivity contribution in [1.29, 1.82) is 0 Å². The Bertz CT molecular complexity index is 1070. The summed E-state index contributed by atoms with van der Waals surface area (Å²) in [5.74, 6) is -0.332. The van der Waals surface area contributed by atoms with Crippen molar-refractivity contribution in [3.63, 3.8) is 0 Å². The smallest absolute Gasteiger partial charge is 0.287 e. The summed E-state index contributed by atoms with van der Waals surface area (Å²) in [7, 11) is -4.05. The second kappa shape index (κ2) is 7.65. The molecule has 2 aliphatic heterocycles. The number of ether oxygens (including phenoxy) is 1. The minimum atomic E-state index is -4.05. The van der Waals surface area contributed by atoms with Crippen molar-refractivity contribution >= 4 is 21.6 Å². The maximum Gasteiger partial charge on any atom is 0.287 e. The van der Waals surface area contributed by atoms with Gasteiger partial charge in [0.05, 0.1) is 12.6 Å². The monoisotopic (exact) mass is 448 g/mol. The second-order valence-electron chi connectivity index (χ2n) is 10.3. The zero-order chi connectivity index (χ0) is 23.4. The largest absolute Gasteiger partial charge is 0.509 e. The Kier molecular flexibility index (Phi) is 5.76. The molecule has 0 bridgehead atoms. The van der Waals surface area contributed by atoms with Gasteiger partial charge < -0.3 is 14.7 Å². The topological polar surface area (TPSA) is 96.3 Å². The fourth-order valence-electron chi connectivity index (χ4n) is 4.07. The van der Waals surface area contributed by atoms with E-state index in [0.717, 1.165) is 6.42 Å². The quantitative estimate of drug-likeness (QED) is 0.732. The lowest BCUT2D eigenvalue weighted by Crippen LogP contribution is -2.45. The van der Waals surface area contributed by atoms with Crippen LogP contribution < -0.4 is 4.74 Å². The number of benzene rings is 1. The zero-order valence-corrected chi connectivity index (χ0v) is 20.1. The fourth-order valence-corrected chi connectivity index (χ4v) is 5.42. The lowest BCUT2D eigenvalue weighted by molar-refractivity contribution is -0.128. The number of aliphatic hydroxyl groups excluding tert-OH is 1. The molecule has 2 aliphatic rings. The first kappa shape index (κ1) is 23.3. The molecule has 1 amide bonds. The van der Waals surface area contributed by atoms with E-state index >= 15 is 0 Å². The van der Waals surface area contributed by atoms with Crippen LogP contribution in [-0.4, -0.2) is 49.2 Å². The molecule has 0 aliphatic carbocycles. The minimum absolute atomic E-state index is 0.00566. The highest BCUT2D eigenvalue weighted by molar-refractivity contribution is 7.91. The lowest BCUT2D eigenvalue weighted by atomic mass is 9.84. The molecule has 170 valence electrons. The van der Waals surface area contributed by atoms with E-state index in [2.05, 4.69) is 25.2 Å². The molecule has 8 heteroatoms. The van der Waals surface area contributed by atoms with Gasteiger partial charge in [0.1, 0.15) is 27.7 Å². The van der Waals surface area contributed by atoms with Crippen molar-refractivity contribution in [3.05, 3.63) is 35.1 Å². The standard InChI is InChI=1S/C23H32N2O5S/c1-8-30-15-11-9-10-14-17(24-31(28,29)19(14)15)16-18(26)20(23(5,6)7)25(21(16)27)13-12-22(2,3)4/h9-11,20,26H,8,12-13H2,1-7H3/t20-/m1/s1. The van der Waals surface area contributed by atoms with Crippen LogP contribution in [-0.2, 0) is 14.8 Å². The van der Waals surface area contributed by atoms with Gasteiger partial charge in [-0.15, -0.1) is 0 Å². The van der Waals surface area contributed by atoms with Crippen LogP contribution in [0.2, 0.25) is 0 Å². The van der Waals surface area contributed by atoms with Crippen LogP contribution in [0.5, 0.6) is 5.75 Å². The van der Waals surface area contributed by atoms with Gasteiger partial charge in [-0.05, 0) is 30.2 Å². The van der Waals surface area contributed by atoms with Crippen LogP contribution in [0.1, 0.15) is 60.5 Å². The van der Waals surface area contributed by atoms with Crippen molar-refractivity contribution in [2.24, 2.45) is 15.2 Å². The molecule has 0 saturated heterocycles. The van der Waals surface area contributed by atoms with Gasteiger partial charge in [-0.2, -0.15) is 12.8 Å². The molecule has 0 radical (unpaired) electrons. The van der Waals surface area contributed by atoms with Crippen LogP contribution in [0.4, 0.5) is 0 Å². The molecular weight excluding hydrogens is 416 g/mol. The molecule has 0 spiro atoms. The zero-order valence-electron chi connectivity index (χ0n) is 19.3. The average molecular weight is 449 g/mol. The Morgan fingerprint density at radius 1 is 1.16 bits per heavy atom. The number of amides is 1. The predicted octanol–water partition coefficient (Wildman–Crippen LogP) is 4.08. The third-order valence-corrected chi connectivity index (χ3v) is 6.82. The molecule has 31 heavy (non-hydrogen) atoms. The number of fused-ring (bicyclic) bond motifs is 1. The van der Waals surface area contributed by atoms with E-state index in [4.69, 9.17) is 4.74 Å². The molecule has 0 unspecified atom stereocenters. The molecule has 1 N–H and O–H groups in total. The van der Waals surface area contributed by atoms with E-state index in [1.165, 1.54) is 0 Å². The van der Waals surface area contributed by atoms with Crippen molar-refractivity contribution in [2.75, 3.05) is 13.2 Å². The first-order valence-electron chi connectivity index (χ1n) is 10.5. The molecule has 7 nitrogen and oxygen atoms in total. The number of hydrogen-bond acceptors (Lipinski definition) is 5. The van der Waals surface area contributed by atoms with Crippen LogP contribution >= 0.6 is 0 Å². The van der Waals surface area contributed by atoms with Crippen LogP contribution in [0, 0.1) is 10.8 Å². The summed E-state index contributed by atoms with van der Waals surface area (Å²) in [5.41, 5.74) is -0.218. The number of sulfonamides is 1. The molecule has 2 heterocycles. The van der Waals surface area contributed by atoms with Crippen LogP contribution in [0.3, 0.4) is 0 Å². The van der Waals surface area contributed by atoms with Gasteiger partial charge in [0, 0.05) is 12.1 Å². The normalized spacial score (nSPS) is 20.9. The van der Waals surface area contributed by atoms with Gasteiger partial charge in [0.25, 0.3) is 15.9 Å². The number of nitrogens with zero attached hydrogens (tertiary/aromatic N) is 2. The van der Waals surface area contributed by atoms with Crippen LogP contribution in [0.15, 0.2) is 38.8 Å². The van der Waals surface area contributed by atoms with Crippen molar-refractivity contribution < 1.29 is 23.1 Å². The van der Waals surface area contributed by atoms with E-state index in [1.807, 2.05) is 20.8 Å². The summed E-state index contributed by atoms with van der Waals surface area (Å²) >= 11 is 0. The van der Waals surface area contributed by atoms with Gasteiger partial charge >= 0.3 is 0 Å². The summed E-state index contributed by atoms with van der Waals surface area (Å²) in [5, 5.41) is 11.2. The Labute approximate surface area is 184 Å². The van der Waals surface area contributed by atoms with Crippen molar-refractivity contribution in [2.45, 2.75) is 65.8 Å². The van der Waals surface area contributed by atoms with Crippen molar-refractivity contribution in [3.8, 4) is 5.75 Å². The lowest BCUT2D eigenvalue weighted by Gasteiger charge is -2.36. The number of carbonyl (C=O) groups excluding carboxylic acids is 1. The average Bonchev–Trinajstić information content (AvgIpc) is 3.03. The van der Waals surface area contributed by atoms with E-state index < -0.39 is 27.4 Å². The Morgan fingerprint density at radius 3 is 2.35 bits per heavy atom. The Hall–Kier alpha value is -2.35. The van der Waals surface area contributed by atoms with E-state index in [1.54, 1.807) is 30.0 Å². The fraction of sp³-hybridized carbons (Fsp3) is 0.565. The van der Waals surface area contributed by atoms with Gasteiger partial charge in [-0.3, -0.25) is 4.79 Å². The van der Waals surface area contributed by atoms with E-state index in [-0.39, 0.29) is 38.7 Å². The van der Waals surface area contributed by atoms with Gasteiger partial charge in [0.2, 0.25) is 0 Å². The number of rotatable bonds is 5. The molecular formula is C23H32N2O5S. The molecule has 1 aromatic carbocycles. The number of aliphatic hydroxyl groups is 1. The Balaban J connectivity index is 2.14. The highest BCUT2D eigenvalue weighted by atomic mass is 32.2. The predicted molar refractivity (Wildman–Crippen MR) is 120 cm³/mol. The molecule has 3 rings (SSSR count). The maximum absolute atomic E-state index is 13.5. The first-order chi connectivity index (χ1) is 14.2. The Morgan fingerprint density at radius 2 is 1.81 bits per heavy atom. The molecule has 0 aromatic heterocycles. The molecule has 1 aromatic rings. The molecule has 0 saturated carbocycles. The summed E-state index contributed by atoms with van der Waals surface area (Å²) in [6, 6.07) is 4.26. The van der Waals surface area contributed by atoms with Gasteiger partial charge in [-0.25, -0.2) is 0 Å². The summed E-state index contributed by atoms with van der Waals surface area (Å²) in [6.45, 7) is 14.6. The molecule has 0 fully saturated rings. The minimum Gasteiger partial charge on any atom is -0.509 e. The van der Waals surface area contributed by atoms with Crippen molar-refractivity contribution in [1.82, 2.24) is 4.90 Å². The number of hydrogen-bond donors (Lipinski definition) is 1. The first-order valence-corrected chi connectivity index (χ1v) is 12.0. The molecule has 1 atom stereocenters. The number of carbonyl (C=O) groups is 1. The third kappa shape index (κ3) is 4.22. The van der Waals surface area contributed by atoms with Gasteiger partial charge in [-0.1, -0.05) is 53.7 Å². The highest BCUT2D eigenvalue weighted by Gasteiger charge is 2.49. The third-order valence-electron chi connectivity index (χ3n) is 5.46. The van der Waals surface area contributed by atoms with E-state index in [0.29, 0.717) is 13.2 Å². The summed E-state index contributed by atoms with van der Waals surface area (Å²) in [4.78, 5) is 15.1. The summed E-state index contributed by atoms with van der Waals surface area (Å²) < 4.78 is 35.1. The highest BCUT2D eigenvalue weighted by Crippen LogP contribution is 2.42. The summed E-state index contributed by atoms with van der Waals surface area (Å²) in [6.07, 6.45) is 0.738. The SMILES string of the molecule is CCOc1cccc2c1S(=O)(=O)N=C2C1=C(O)[C@H](C(C)(C)C)N(CCC(C)(C)C)C1=O. The second-order valence-corrected chi connectivity index (χ2v) is 11.9. The van der Waals surface area contributed by atoms with Gasteiger partial charge in [0.15, 0.2) is 0 Å².